The lowest BCUT2D eigenvalue weighted by Crippen LogP contribution is -2.48. The SMILES string of the molecule is CO[C@@H]1CCC[C@]12CCCN(c1cc(C#N)ccn1)C2. The summed E-state index contributed by atoms with van der Waals surface area (Å²) in [6.07, 6.45) is 8.23. The first kappa shape index (κ1) is 13.4. The highest BCUT2D eigenvalue weighted by atomic mass is 16.5. The first-order chi connectivity index (χ1) is 9.77. The smallest absolute Gasteiger partial charge is 0.129 e. The molecule has 2 atom stereocenters. The molecule has 1 aromatic rings. The van der Waals surface area contributed by atoms with Crippen LogP contribution in [0.4, 0.5) is 5.82 Å². The Kier molecular flexibility index (Phi) is 3.62. The van der Waals surface area contributed by atoms with E-state index in [0.717, 1.165) is 18.9 Å². The number of hydrogen-bond donors (Lipinski definition) is 0. The number of hydrogen-bond acceptors (Lipinski definition) is 4. The Balaban J connectivity index is 1.83. The molecular weight excluding hydrogens is 250 g/mol. The van der Waals surface area contributed by atoms with E-state index in [9.17, 15) is 0 Å². The predicted octanol–water partition coefficient (Wildman–Crippen LogP) is 2.74. The van der Waals surface area contributed by atoms with E-state index in [4.69, 9.17) is 10.00 Å². The molecule has 3 rings (SSSR count). The molecule has 1 spiro atoms. The number of methoxy groups -OCH3 is 1. The Morgan fingerprint density at radius 2 is 2.30 bits per heavy atom. The largest absolute Gasteiger partial charge is 0.381 e. The minimum Gasteiger partial charge on any atom is -0.381 e. The first-order valence-corrected chi connectivity index (χ1v) is 7.41. The predicted molar refractivity (Wildman–Crippen MR) is 77.5 cm³/mol. The maximum Gasteiger partial charge on any atom is 0.129 e. The average molecular weight is 271 g/mol. The molecule has 106 valence electrons. The van der Waals surface area contributed by atoms with Crippen molar-refractivity contribution >= 4 is 5.82 Å². The molecule has 0 aromatic carbocycles. The van der Waals surface area contributed by atoms with Crippen molar-refractivity contribution in [2.24, 2.45) is 5.41 Å². The average Bonchev–Trinajstić information content (AvgIpc) is 2.89. The molecule has 20 heavy (non-hydrogen) atoms. The summed E-state index contributed by atoms with van der Waals surface area (Å²) in [6, 6.07) is 5.86. The Morgan fingerprint density at radius 1 is 1.45 bits per heavy atom. The van der Waals surface area contributed by atoms with E-state index in [1.165, 1.54) is 32.1 Å². The molecule has 0 unspecified atom stereocenters. The Bertz CT molecular complexity index is 525. The molecule has 0 radical (unpaired) electrons. The van der Waals surface area contributed by atoms with Crippen LogP contribution in [0.1, 0.15) is 37.7 Å². The summed E-state index contributed by atoms with van der Waals surface area (Å²) in [7, 11) is 1.84. The number of piperidine rings is 1. The topological polar surface area (TPSA) is 49.1 Å². The van der Waals surface area contributed by atoms with Gasteiger partial charge in [-0.05, 0) is 37.8 Å². The highest BCUT2D eigenvalue weighted by molar-refractivity contribution is 5.45. The fraction of sp³-hybridized carbons (Fsp3) is 0.625. The molecule has 2 fully saturated rings. The lowest BCUT2D eigenvalue weighted by molar-refractivity contribution is 0.00216. The van der Waals surface area contributed by atoms with Crippen LogP contribution in [0.5, 0.6) is 0 Å². The normalized spacial score (nSPS) is 29.6. The van der Waals surface area contributed by atoms with Gasteiger partial charge in [-0.2, -0.15) is 5.26 Å². The summed E-state index contributed by atoms with van der Waals surface area (Å²) < 4.78 is 5.73. The zero-order valence-corrected chi connectivity index (χ0v) is 12.0. The monoisotopic (exact) mass is 271 g/mol. The molecule has 1 aliphatic heterocycles. The van der Waals surface area contributed by atoms with E-state index >= 15 is 0 Å². The van der Waals surface area contributed by atoms with Gasteiger partial charge in [0.2, 0.25) is 0 Å². The van der Waals surface area contributed by atoms with Crippen LogP contribution in [-0.2, 0) is 4.74 Å². The van der Waals surface area contributed by atoms with E-state index in [-0.39, 0.29) is 5.41 Å². The molecule has 2 heterocycles. The van der Waals surface area contributed by atoms with Crippen molar-refractivity contribution in [2.45, 2.75) is 38.2 Å². The van der Waals surface area contributed by atoms with Crippen molar-refractivity contribution in [2.75, 3.05) is 25.1 Å². The van der Waals surface area contributed by atoms with Crippen LogP contribution in [0, 0.1) is 16.7 Å². The molecule has 1 aliphatic carbocycles. The van der Waals surface area contributed by atoms with Gasteiger partial charge >= 0.3 is 0 Å². The molecule has 4 heteroatoms. The van der Waals surface area contributed by atoms with Gasteiger partial charge in [0.05, 0.1) is 17.7 Å². The van der Waals surface area contributed by atoms with Gasteiger partial charge in [0, 0.05) is 31.8 Å². The highest BCUT2D eigenvalue weighted by Gasteiger charge is 2.46. The fourth-order valence-corrected chi connectivity index (χ4v) is 3.96. The molecule has 4 nitrogen and oxygen atoms in total. The number of pyridine rings is 1. The van der Waals surface area contributed by atoms with Crippen LogP contribution in [0.3, 0.4) is 0 Å². The second-order valence-electron chi connectivity index (χ2n) is 6.02. The van der Waals surface area contributed by atoms with Gasteiger partial charge in [0.15, 0.2) is 0 Å². The van der Waals surface area contributed by atoms with E-state index in [1.807, 2.05) is 13.2 Å². The van der Waals surface area contributed by atoms with Crippen LogP contribution in [0.2, 0.25) is 0 Å². The second-order valence-corrected chi connectivity index (χ2v) is 6.02. The molecule has 1 saturated heterocycles. The molecular formula is C16H21N3O. The van der Waals surface area contributed by atoms with Gasteiger partial charge in [0.1, 0.15) is 5.82 Å². The Hall–Kier alpha value is -1.60. The molecule has 1 aromatic heterocycles. The lowest BCUT2D eigenvalue weighted by atomic mass is 9.76. The van der Waals surface area contributed by atoms with Crippen molar-refractivity contribution in [1.82, 2.24) is 4.98 Å². The maximum absolute atomic E-state index is 9.03. The third kappa shape index (κ3) is 2.27. The number of aromatic nitrogens is 1. The van der Waals surface area contributed by atoms with Crippen molar-refractivity contribution in [3.05, 3.63) is 23.9 Å². The van der Waals surface area contributed by atoms with Crippen molar-refractivity contribution < 1.29 is 4.74 Å². The summed E-state index contributed by atoms with van der Waals surface area (Å²) in [5.41, 5.74) is 0.974. The lowest BCUT2D eigenvalue weighted by Gasteiger charge is -2.44. The molecule has 2 aliphatic rings. The van der Waals surface area contributed by atoms with Crippen molar-refractivity contribution in [3.63, 3.8) is 0 Å². The van der Waals surface area contributed by atoms with Gasteiger partial charge in [0.25, 0.3) is 0 Å². The number of ether oxygens (including phenoxy) is 1. The first-order valence-electron chi connectivity index (χ1n) is 7.41. The Morgan fingerprint density at radius 3 is 3.10 bits per heavy atom. The summed E-state index contributed by atoms with van der Waals surface area (Å²) in [5.74, 6) is 0.935. The fourth-order valence-electron chi connectivity index (χ4n) is 3.96. The number of rotatable bonds is 2. The van der Waals surface area contributed by atoms with Gasteiger partial charge in [-0.15, -0.1) is 0 Å². The molecule has 0 N–H and O–H groups in total. The van der Waals surface area contributed by atoms with Gasteiger partial charge in [-0.3, -0.25) is 0 Å². The van der Waals surface area contributed by atoms with E-state index in [0.29, 0.717) is 11.7 Å². The van der Waals surface area contributed by atoms with Gasteiger partial charge < -0.3 is 9.64 Å². The molecule has 0 amide bonds. The van der Waals surface area contributed by atoms with Crippen LogP contribution in [0.15, 0.2) is 18.3 Å². The summed E-state index contributed by atoms with van der Waals surface area (Å²) in [5, 5.41) is 9.03. The highest BCUT2D eigenvalue weighted by Crippen LogP contribution is 2.46. The van der Waals surface area contributed by atoms with Gasteiger partial charge in [-0.1, -0.05) is 6.42 Å². The number of nitrogens with zero attached hydrogens (tertiary/aromatic N) is 3. The number of anilines is 1. The maximum atomic E-state index is 9.03. The molecule has 1 saturated carbocycles. The summed E-state index contributed by atoms with van der Waals surface area (Å²) in [4.78, 5) is 6.79. The zero-order chi connectivity index (χ0) is 14.0. The van der Waals surface area contributed by atoms with Crippen LogP contribution in [-0.4, -0.2) is 31.3 Å². The number of nitriles is 1. The second kappa shape index (κ2) is 5.41. The zero-order valence-electron chi connectivity index (χ0n) is 12.0. The minimum atomic E-state index is 0.289. The molecule has 0 bridgehead atoms. The van der Waals surface area contributed by atoms with E-state index in [1.54, 1.807) is 12.3 Å². The Labute approximate surface area is 120 Å². The van der Waals surface area contributed by atoms with Gasteiger partial charge in [-0.25, -0.2) is 4.98 Å². The van der Waals surface area contributed by atoms with Crippen LogP contribution in [0.25, 0.3) is 0 Å². The van der Waals surface area contributed by atoms with Crippen molar-refractivity contribution in [1.29, 1.82) is 5.26 Å². The van der Waals surface area contributed by atoms with E-state index in [2.05, 4.69) is 16.0 Å². The van der Waals surface area contributed by atoms with Crippen LogP contribution >= 0.6 is 0 Å². The summed E-state index contributed by atoms with van der Waals surface area (Å²) >= 11 is 0. The third-order valence-electron chi connectivity index (χ3n) is 4.92. The summed E-state index contributed by atoms with van der Waals surface area (Å²) in [6.45, 7) is 2.04. The quantitative estimate of drug-likeness (QED) is 0.830. The van der Waals surface area contributed by atoms with E-state index < -0.39 is 0 Å². The standard InChI is InChI=1S/C16H21N3O/c1-20-14-4-2-6-16(14)7-3-9-19(12-16)15-10-13(11-17)5-8-18-15/h5,8,10,14H,2-4,6-7,9,12H2,1H3/t14-,16-/m1/s1. The minimum absolute atomic E-state index is 0.289. The van der Waals surface area contributed by atoms with Crippen molar-refractivity contribution in [3.8, 4) is 6.07 Å². The third-order valence-corrected chi connectivity index (χ3v) is 4.92. The van der Waals surface area contributed by atoms with Crippen LogP contribution < -0.4 is 4.90 Å².